The molecule has 0 aliphatic heterocycles. The average Bonchev–Trinajstić information content (AvgIpc) is 2.92. The third kappa shape index (κ3) is 4.41. The highest BCUT2D eigenvalue weighted by atomic mass is 15.3. The first-order valence-electron chi connectivity index (χ1n) is 7.66. The van der Waals surface area contributed by atoms with E-state index in [1.165, 1.54) is 36.1 Å². The highest BCUT2D eigenvalue weighted by Gasteiger charge is 1.99. The summed E-state index contributed by atoms with van der Waals surface area (Å²) >= 11 is 0. The standard InChI is InChI=1S/C17H25N3/c1-3-5-6-15-7-9-17(10-8-15)18-12-16-13-19-20(14-16)11-4-2/h7-10,13-14,18H,3-6,11-12H2,1-2H3. The van der Waals surface area contributed by atoms with E-state index < -0.39 is 0 Å². The SMILES string of the molecule is CCCCc1ccc(NCc2cnn(CCC)c2)cc1. The molecule has 0 saturated carbocycles. The summed E-state index contributed by atoms with van der Waals surface area (Å²) in [6, 6.07) is 8.78. The van der Waals surface area contributed by atoms with Gasteiger partial charge in [-0.15, -0.1) is 0 Å². The van der Waals surface area contributed by atoms with Gasteiger partial charge in [-0.25, -0.2) is 0 Å². The summed E-state index contributed by atoms with van der Waals surface area (Å²) in [6.45, 7) is 6.22. The summed E-state index contributed by atoms with van der Waals surface area (Å²) in [7, 11) is 0. The zero-order chi connectivity index (χ0) is 14.2. The van der Waals surface area contributed by atoms with Crippen LogP contribution in [0.25, 0.3) is 0 Å². The fourth-order valence-corrected chi connectivity index (χ4v) is 2.22. The van der Waals surface area contributed by atoms with E-state index in [2.05, 4.69) is 54.7 Å². The van der Waals surface area contributed by atoms with Crippen LogP contribution in [-0.4, -0.2) is 9.78 Å². The first-order chi connectivity index (χ1) is 9.81. The molecule has 0 radical (unpaired) electrons. The second kappa shape index (κ2) is 7.73. The molecular weight excluding hydrogens is 246 g/mol. The molecule has 3 heteroatoms. The van der Waals surface area contributed by atoms with Gasteiger partial charge in [0.2, 0.25) is 0 Å². The molecule has 0 fully saturated rings. The van der Waals surface area contributed by atoms with Gasteiger partial charge < -0.3 is 5.32 Å². The Hall–Kier alpha value is -1.77. The van der Waals surface area contributed by atoms with Crippen LogP contribution in [0.2, 0.25) is 0 Å². The summed E-state index contributed by atoms with van der Waals surface area (Å²) in [4.78, 5) is 0. The molecular formula is C17H25N3. The number of hydrogen-bond acceptors (Lipinski definition) is 2. The normalized spacial score (nSPS) is 10.7. The molecule has 1 N–H and O–H groups in total. The number of anilines is 1. The number of nitrogens with zero attached hydrogens (tertiary/aromatic N) is 2. The Bertz CT molecular complexity index is 499. The lowest BCUT2D eigenvalue weighted by Crippen LogP contribution is -1.99. The van der Waals surface area contributed by atoms with Crippen LogP contribution in [0.3, 0.4) is 0 Å². The second-order valence-electron chi connectivity index (χ2n) is 5.27. The summed E-state index contributed by atoms with van der Waals surface area (Å²) in [5.74, 6) is 0. The van der Waals surface area contributed by atoms with E-state index in [1.54, 1.807) is 0 Å². The van der Waals surface area contributed by atoms with E-state index in [0.29, 0.717) is 0 Å². The molecule has 0 atom stereocenters. The van der Waals surface area contributed by atoms with E-state index in [0.717, 1.165) is 19.5 Å². The molecule has 0 spiro atoms. The minimum atomic E-state index is 0.831. The molecule has 3 nitrogen and oxygen atoms in total. The zero-order valence-corrected chi connectivity index (χ0v) is 12.6. The fourth-order valence-electron chi connectivity index (χ4n) is 2.22. The Morgan fingerprint density at radius 2 is 1.85 bits per heavy atom. The van der Waals surface area contributed by atoms with Gasteiger partial charge in [0, 0.05) is 30.5 Å². The summed E-state index contributed by atoms with van der Waals surface area (Å²) in [5.41, 5.74) is 3.83. The number of benzene rings is 1. The summed E-state index contributed by atoms with van der Waals surface area (Å²) in [5, 5.41) is 7.79. The lowest BCUT2D eigenvalue weighted by molar-refractivity contribution is 0.602. The van der Waals surface area contributed by atoms with Gasteiger partial charge in [0.1, 0.15) is 0 Å². The van der Waals surface area contributed by atoms with E-state index in [1.807, 2.05) is 10.9 Å². The molecule has 0 unspecified atom stereocenters. The Kier molecular flexibility index (Phi) is 5.66. The first kappa shape index (κ1) is 14.6. The van der Waals surface area contributed by atoms with Gasteiger partial charge in [-0.2, -0.15) is 5.10 Å². The smallest absolute Gasteiger partial charge is 0.0539 e. The van der Waals surface area contributed by atoms with Crippen LogP contribution >= 0.6 is 0 Å². The van der Waals surface area contributed by atoms with Gasteiger partial charge in [-0.05, 0) is 37.0 Å². The highest BCUT2D eigenvalue weighted by Crippen LogP contribution is 2.13. The van der Waals surface area contributed by atoms with Crippen molar-refractivity contribution in [3.05, 3.63) is 47.8 Å². The number of unbranched alkanes of at least 4 members (excludes halogenated alkanes) is 1. The predicted molar refractivity (Wildman–Crippen MR) is 84.9 cm³/mol. The lowest BCUT2D eigenvalue weighted by Gasteiger charge is -2.06. The molecule has 0 aliphatic rings. The molecule has 1 heterocycles. The molecule has 0 amide bonds. The Morgan fingerprint density at radius 1 is 1.05 bits per heavy atom. The summed E-state index contributed by atoms with van der Waals surface area (Å²) < 4.78 is 2.00. The third-order valence-electron chi connectivity index (χ3n) is 3.41. The molecule has 2 aromatic rings. The van der Waals surface area contributed by atoms with Crippen LogP contribution in [0.15, 0.2) is 36.7 Å². The monoisotopic (exact) mass is 271 g/mol. The molecule has 0 bridgehead atoms. The van der Waals surface area contributed by atoms with Crippen LogP contribution in [0.1, 0.15) is 44.2 Å². The molecule has 0 saturated heterocycles. The van der Waals surface area contributed by atoms with Crippen LogP contribution in [0.5, 0.6) is 0 Å². The topological polar surface area (TPSA) is 29.9 Å². The van der Waals surface area contributed by atoms with Crippen molar-refractivity contribution in [1.82, 2.24) is 9.78 Å². The van der Waals surface area contributed by atoms with Gasteiger partial charge in [0.15, 0.2) is 0 Å². The molecule has 0 aliphatic carbocycles. The van der Waals surface area contributed by atoms with Crippen molar-refractivity contribution in [2.45, 2.75) is 52.6 Å². The first-order valence-corrected chi connectivity index (χ1v) is 7.66. The lowest BCUT2D eigenvalue weighted by atomic mass is 10.1. The van der Waals surface area contributed by atoms with E-state index >= 15 is 0 Å². The quantitative estimate of drug-likeness (QED) is 0.778. The number of rotatable bonds is 8. The van der Waals surface area contributed by atoms with Gasteiger partial charge >= 0.3 is 0 Å². The van der Waals surface area contributed by atoms with Crippen molar-refractivity contribution in [2.24, 2.45) is 0 Å². The van der Waals surface area contributed by atoms with Crippen LogP contribution in [0, 0.1) is 0 Å². The predicted octanol–water partition coefficient (Wildman–Crippen LogP) is 4.25. The van der Waals surface area contributed by atoms with Crippen LogP contribution < -0.4 is 5.32 Å². The van der Waals surface area contributed by atoms with Crippen molar-refractivity contribution in [2.75, 3.05) is 5.32 Å². The molecule has 108 valence electrons. The van der Waals surface area contributed by atoms with Crippen molar-refractivity contribution in [3.8, 4) is 0 Å². The Morgan fingerprint density at radius 3 is 2.55 bits per heavy atom. The van der Waals surface area contributed by atoms with Gasteiger partial charge in [0.25, 0.3) is 0 Å². The Balaban J connectivity index is 1.83. The average molecular weight is 271 g/mol. The number of nitrogens with one attached hydrogen (secondary N) is 1. The maximum Gasteiger partial charge on any atom is 0.0539 e. The maximum atomic E-state index is 4.34. The number of hydrogen-bond donors (Lipinski definition) is 1. The minimum Gasteiger partial charge on any atom is -0.381 e. The number of aryl methyl sites for hydroxylation is 2. The fraction of sp³-hybridized carbons (Fsp3) is 0.471. The molecule has 2 rings (SSSR count). The van der Waals surface area contributed by atoms with Gasteiger partial charge in [-0.1, -0.05) is 32.4 Å². The molecule has 1 aromatic heterocycles. The van der Waals surface area contributed by atoms with Crippen molar-refractivity contribution in [3.63, 3.8) is 0 Å². The van der Waals surface area contributed by atoms with E-state index in [-0.39, 0.29) is 0 Å². The van der Waals surface area contributed by atoms with E-state index in [4.69, 9.17) is 0 Å². The van der Waals surface area contributed by atoms with E-state index in [9.17, 15) is 0 Å². The number of aromatic nitrogens is 2. The second-order valence-corrected chi connectivity index (χ2v) is 5.27. The largest absolute Gasteiger partial charge is 0.381 e. The summed E-state index contributed by atoms with van der Waals surface area (Å²) in [6.07, 6.45) is 8.88. The molecule has 1 aromatic carbocycles. The highest BCUT2D eigenvalue weighted by molar-refractivity contribution is 5.45. The zero-order valence-electron chi connectivity index (χ0n) is 12.6. The van der Waals surface area contributed by atoms with Crippen molar-refractivity contribution < 1.29 is 0 Å². The maximum absolute atomic E-state index is 4.34. The van der Waals surface area contributed by atoms with Gasteiger partial charge in [-0.3, -0.25) is 4.68 Å². The van der Waals surface area contributed by atoms with Crippen molar-refractivity contribution >= 4 is 5.69 Å². The van der Waals surface area contributed by atoms with Crippen LogP contribution in [0.4, 0.5) is 5.69 Å². The van der Waals surface area contributed by atoms with Gasteiger partial charge in [0.05, 0.1) is 6.20 Å². The van der Waals surface area contributed by atoms with Crippen LogP contribution in [-0.2, 0) is 19.5 Å². The van der Waals surface area contributed by atoms with Crippen molar-refractivity contribution in [1.29, 1.82) is 0 Å². The third-order valence-corrected chi connectivity index (χ3v) is 3.41. The molecule has 20 heavy (non-hydrogen) atoms. The minimum absolute atomic E-state index is 0.831. The Labute approximate surface area is 122 Å².